The third-order valence-corrected chi connectivity index (χ3v) is 14.5. The second-order valence-corrected chi connectivity index (χ2v) is 18.8. The van der Waals surface area contributed by atoms with E-state index in [4.69, 9.17) is 38.1 Å². The lowest BCUT2D eigenvalue weighted by molar-refractivity contribution is -0.172. The Kier molecular flexibility index (Phi) is 14.6. The monoisotopic (exact) mass is 1060 g/mol. The fraction of sp³-hybridized carbons (Fsp3) is 0.210. The molecule has 0 radical (unpaired) electrons. The fourth-order valence-corrected chi connectivity index (χ4v) is 10.3. The van der Waals surface area contributed by atoms with Crippen LogP contribution >= 0.6 is 0 Å². The Bertz CT molecular complexity index is 3810. The van der Waals surface area contributed by atoms with Gasteiger partial charge in [-0.25, -0.2) is 24.2 Å². The van der Waals surface area contributed by atoms with E-state index in [0.29, 0.717) is 45.4 Å². The second-order valence-electron chi connectivity index (χ2n) is 18.8. The molecule has 0 saturated carbocycles. The van der Waals surface area contributed by atoms with Crippen LogP contribution in [0.5, 0.6) is 17.2 Å². The largest absolute Gasteiger partial charge is 0.514 e. The Morgan fingerprint density at radius 3 is 1.90 bits per heavy atom. The van der Waals surface area contributed by atoms with E-state index >= 15 is 0 Å². The number of hydrogen-bond donors (Lipinski definition) is 2. The van der Waals surface area contributed by atoms with E-state index in [-0.39, 0.29) is 72.2 Å². The number of nitrogens with one attached hydrogen (secondary N) is 1. The number of amides is 1. The van der Waals surface area contributed by atoms with Gasteiger partial charge in [0.25, 0.3) is 11.5 Å². The van der Waals surface area contributed by atoms with Crippen LogP contribution in [0.2, 0.25) is 0 Å². The zero-order valence-electron chi connectivity index (χ0n) is 44.0. The summed E-state index contributed by atoms with van der Waals surface area (Å²) < 4.78 is 39.2. The molecular weight excluding hydrogens is 1010 g/mol. The van der Waals surface area contributed by atoms with Gasteiger partial charge >= 0.3 is 24.1 Å². The Labute approximate surface area is 453 Å². The Hall–Kier alpha value is -9.61. The molecule has 2 aliphatic rings. The predicted molar refractivity (Wildman–Crippen MR) is 291 cm³/mol. The van der Waals surface area contributed by atoms with Crippen LogP contribution in [0, 0.1) is 0 Å². The van der Waals surface area contributed by atoms with Gasteiger partial charge in [-0.3, -0.25) is 9.59 Å². The molecule has 6 aromatic carbocycles. The lowest BCUT2D eigenvalue weighted by Gasteiger charge is -2.31. The van der Waals surface area contributed by atoms with Crippen LogP contribution < -0.4 is 25.1 Å². The summed E-state index contributed by atoms with van der Waals surface area (Å²) in [5.41, 5.74) is 8.86. The van der Waals surface area contributed by atoms with Crippen molar-refractivity contribution in [3.63, 3.8) is 0 Å². The van der Waals surface area contributed by atoms with Crippen molar-refractivity contribution in [2.75, 3.05) is 28.4 Å². The number of nitrogens with zero attached hydrogens (tertiary/aromatic N) is 2. The van der Waals surface area contributed by atoms with Gasteiger partial charge in [-0.1, -0.05) is 74.5 Å². The molecule has 0 bridgehead atoms. The quantitative estimate of drug-likeness (QED) is 0.0555. The van der Waals surface area contributed by atoms with Crippen molar-refractivity contribution in [2.24, 2.45) is 0 Å². The third kappa shape index (κ3) is 9.91. The van der Waals surface area contributed by atoms with Crippen LogP contribution in [0.3, 0.4) is 0 Å². The molecule has 1 unspecified atom stereocenters. The summed E-state index contributed by atoms with van der Waals surface area (Å²) in [6.07, 6.45) is -0.427. The van der Waals surface area contributed by atoms with E-state index in [2.05, 4.69) is 5.32 Å². The number of ether oxygens (including phenoxy) is 7. The van der Waals surface area contributed by atoms with Gasteiger partial charge in [0, 0.05) is 23.1 Å². The molecule has 0 aliphatic carbocycles. The van der Waals surface area contributed by atoms with E-state index in [1.165, 1.54) is 28.4 Å². The standard InChI is InChI=1S/C62H53N3O14/c1-7-44-46-28-43(22-24-50(46)64-55-47(44)31-65-51(55)29-49-48(57(65)67)33-77-60(70)62(49,72)8-2)79-61(71)78-32-34-25-52(73-3)54(53(26-34)74-4)56(66)63-30-42-27-41(37-13-19-40(20-14-37)59(69)76-6)21-23-45(42)38-15-9-35(10-16-38)36-11-17-39(18-12-36)58(68)75-5/h9-29,72H,7-8,30-33H2,1-6H3,(H,63,66). The van der Waals surface area contributed by atoms with E-state index in [1.54, 1.807) is 72.2 Å². The highest BCUT2D eigenvalue weighted by atomic mass is 16.7. The summed E-state index contributed by atoms with van der Waals surface area (Å²) in [5, 5.41) is 15.1. The van der Waals surface area contributed by atoms with Crippen LogP contribution in [0.15, 0.2) is 132 Å². The molecule has 0 saturated heterocycles. The summed E-state index contributed by atoms with van der Waals surface area (Å²) in [7, 11) is 5.49. The van der Waals surface area contributed by atoms with Crippen molar-refractivity contribution < 1.29 is 62.2 Å². The van der Waals surface area contributed by atoms with Gasteiger partial charge in [-0.15, -0.1) is 0 Å². The van der Waals surface area contributed by atoms with Gasteiger partial charge in [0.1, 0.15) is 36.0 Å². The maximum Gasteiger partial charge on any atom is 0.514 e. The van der Waals surface area contributed by atoms with Crippen molar-refractivity contribution in [2.45, 2.75) is 58.6 Å². The van der Waals surface area contributed by atoms with Crippen LogP contribution in [0.4, 0.5) is 4.79 Å². The molecule has 400 valence electrons. The Morgan fingerprint density at radius 2 is 1.30 bits per heavy atom. The predicted octanol–water partition coefficient (Wildman–Crippen LogP) is 9.88. The van der Waals surface area contributed by atoms with E-state index < -0.39 is 35.6 Å². The summed E-state index contributed by atoms with van der Waals surface area (Å²) in [5.74, 6) is -1.66. The number of carbonyl (C=O) groups is 5. The zero-order valence-corrected chi connectivity index (χ0v) is 44.0. The molecular formula is C62H53N3O14. The molecule has 1 amide bonds. The highest BCUT2D eigenvalue weighted by molar-refractivity contribution is 6.00. The van der Waals surface area contributed by atoms with Crippen molar-refractivity contribution in [1.29, 1.82) is 0 Å². The number of aliphatic hydroxyl groups is 1. The maximum atomic E-state index is 14.3. The summed E-state index contributed by atoms with van der Waals surface area (Å²) in [4.78, 5) is 83.2. The first kappa shape index (κ1) is 52.8. The number of aryl methyl sites for hydroxylation is 1. The van der Waals surface area contributed by atoms with E-state index in [0.717, 1.165) is 50.1 Å². The highest BCUT2D eigenvalue weighted by Gasteiger charge is 2.45. The molecule has 17 heteroatoms. The van der Waals surface area contributed by atoms with Crippen molar-refractivity contribution in [3.8, 4) is 62.0 Å². The van der Waals surface area contributed by atoms with Crippen LogP contribution in [-0.4, -0.2) is 73.1 Å². The Morgan fingerprint density at radius 1 is 0.709 bits per heavy atom. The minimum Gasteiger partial charge on any atom is -0.496 e. The first-order valence-electron chi connectivity index (χ1n) is 25.3. The molecule has 0 fully saturated rings. The number of esters is 3. The molecule has 8 aromatic rings. The molecule has 10 rings (SSSR count). The number of pyridine rings is 2. The summed E-state index contributed by atoms with van der Waals surface area (Å²) in [6.45, 7) is 3.41. The smallest absolute Gasteiger partial charge is 0.496 e. The van der Waals surface area contributed by atoms with Crippen molar-refractivity contribution in [3.05, 3.63) is 188 Å². The number of aromatic nitrogens is 2. The lowest BCUT2D eigenvalue weighted by Crippen LogP contribution is -2.44. The minimum absolute atomic E-state index is 0.0264. The normalized spacial score (nSPS) is 14.0. The van der Waals surface area contributed by atoms with Gasteiger partial charge in [-0.05, 0) is 130 Å². The first-order chi connectivity index (χ1) is 38.2. The zero-order chi connectivity index (χ0) is 55.7. The Balaban J connectivity index is 0.857. The number of fused-ring (bicyclic) bond motifs is 5. The maximum absolute atomic E-state index is 14.3. The molecule has 0 spiro atoms. The number of methoxy groups -OCH3 is 4. The minimum atomic E-state index is -1.95. The molecule has 1 atom stereocenters. The van der Waals surface area contributed by atoms with Crippen molar-refractivity contribution >= 4 is 40.9 Å². The average molecular weight is 1060 g/mol. The van der Waals surface area contributed by atoms with Crippen LogP contribution in [0.1, 0.15) is 84.7 Å². The fourth-order valence-electron chi connectivity index (χ4n) is 10.3. The number of benzene rings is 6. The van der Waals surface area contributed by atoms with E-state index in [1.807, 2.05) is 73.7 Å². The lowest BCUT2D eigenvalue weighted by atomic mass is 9.86. The van der Waals surface area contributed by atoms with Gasteiger partial charge in [0.15, 0.2) is 5.60 Å². The van der Waals surface area contributed by atoms with Crippen LogP contribution in [-0.2, 0) is 62.1 Å². The number of rotatable bonds is 15. The topological polar surface area (TPSA) is 217 Å². The summed E-state index contributed by atoms with van der Waals surface area (Å²) >= 11 is 0. The molecule has 17 nitrogen and oxygen atoms in total. The number of cyclic esters (lactones) is 1. The number of hydrogen-bond acceptors (Lipinski definition) is 15. The first-order valence-corrected chi connectivity index (χ1v) is 25.3. The summed E-state index contributed by atoms with van der Waals surface area (Å²) in [6, 6.07) is 37.8. The van der Waals surface area contributed by atoms with Gasteiger partial charge < -0.3 is 48.1 Å². The van der Waals surface area contributed by atoms with Gasteiger partial charge in [-0.2, -0.15) is 0 Å². The molecule has 2 aromatic heterocycles. The van der Waals surface area contributed by atoms with Crippen LogP contribution in [0.25, 0.3) is 55.7 Å². The van der Waals surface area contributed by atoms with E-state index in [9.17, 15) is 33.9 Å². The average Bonchev–Trinajstić information content (AvgIpc) is 3.84. The SMILES string of the molecule is CCc1c2c(nc3ccc(OC(=O)OCc4cc(OC)c(C(=O)NCc5cc(-c6ccc(C(=O)OC)cc6)ccc5-c5ccc(-c6ccc(C(=O)OC)cc6)cc5)c(OC)c4)cc13)-c1cc3c(c(=O)n1C2)COC(=O)C3(O)CC. The highest BCUT2D eigenvalue weighted by Crippen LogP contribution is 2.41. The number of carbonyl (C=O) groups excluding carboxylic acids is 5. The molecule has 2 N–H and O–H groups in total. The van der Waals surface area contributed by atoms with Gasteiger partial charge in [0.05, 0.1) is 68.6 Å². The second kappa shape index (κ2) is 21.8. The third-order valence-electron chi connectivity index (χ3n) is 14.5. The van der Waals surface area contributed by atoms with Gasteiger partial charge in [0.2, 0.25) is 0 Å². The molecule has 79 heavy (non-hydrogen) atoms. The molecule has 4 heterocycles. The molecule has 2 aliphatic heterocycles. The van der Waals surface area contributed by atoms with Crippen molar-refractivity contribution in [1.82, 2.24) is 14.9 Å².